The van der Waals surface area contributed by atoms with Gasteiger partial charge >= 0.3 is 0 Å². The Balaban J connectivity index is 0. The van der Waals surface area contributed by atoms with Crippen LogP contribution in [0.1, 0.15) is 31.2 Å². The summed E-state index contributed by atoms with van der Waals surface area (Å²) in [6, 6.07) is 10.5. The molecule has 1 rings (SSSR count). The van der Waals surface area contributed by atoms with E-state index in [0.29, 0.717) is 0 Å². The summed E-state index contributed by atoms with van der Waals surface area (Å²) >= 11 is 0. The first-order chi connectivity index (χ1) is 8.93. The van der Waals surface area contributed by atoms with E-state index in [1.54, 1.807) is 0 Å². The summed E-state index contributed by atoms with van der Waals surface area (Å²) in [5.41, 5.74) is 1.35. The number of unbranched alkanes of at least 4 members (excludes halogenated alkanes) is 3. The molecule has 3 N–H and O–H groups in total. The van der Waals surface area contributed by atoms with Crippen LogP contribution in [0.5, 0.6) is 0 Å². The van der Waals surface area contributed by atoms with Gasteiger partial charge in [-0.2, -0.15) is 0 Å². The molecule has 0 aliphatic heterocycles. The summed E-state index contributed by atoms with van der Waals surface area (Å²) in [5, 5.41) is 15.2. The predicted molar refractivity (Wildman–Crippen MR) is 91.1 cm³/mol. The second-order valence-corrected chi connectivity index (χ2v) is 4.55. The van der Waals surface area contributed by atoms with Gasteiger partial charge in [0.25, 0.3) is 0 Å². The minimum absolute atomic E-state index is 0. The highest BCUT2D eigenvalue weighted by atomic mass is 35.5. The molecule has 0 atom stereocenters. The van der Waals surface area contributed by atoms with Gasteiger partial charge in [-0.15, -0.1) is 24.8 Å². The van der Waals surface area contributed by atoms with Gasteiger partial charge in [0.2, 0.25) is 0 Å². The zero-order valence-corrected chi connectivity index (χ0v) is 13.6. The second-order valence-electron chi connectivity index (χ2n) is 4.55. The monoisotopic (exact) mass is 322 g/mol. The van der Waals surface area contributed by atoms with E-state index >= 15 is 0 Å². The lowest BCUT2D eigenvalue weighted by Gasteiger charge is -2.05. The maximum absolute atomic E-state index is 8.59. The molecule has 0 saturated carbocycles. The Morgan fingerprint density at radius 3 is 1.95 bits per heavy atom. The van der Waals surface area contributed by atoms with E-state index in [9.17, 15) is 0 Å². The zero-order chi connectivity index (χ0) is 12.9. The summed E-state index contributed by atoms with van der Waals surface area (Å²) in [6.45, 7) is 4.05. The summed E-state index contributed by atoms with van der Waals surface area (Å²) in [6.07, 6.45) is 5.00. The van der Waals surface area contributed by atoms with Crippen LogP contribution in [0.15, 0.2) is 30.3 Å². The standard InChI is InChI=1S/C15H26N2O.2ClH/c18-13-12-16-10-6-1-2-7-11-17-14-15-8-4-3-5-9-15;;/h3-5,8-9,16-18H,1-2,6-7,10-14H2;2*1H. The van der Waals surface area contributed by atoms with E-state index in [0.717, 1.165) is 26.2 Å². The Hall–Kier alpha value is -0.320. The third-order valence-electron chi connectivity index (χ3n) is 2.92. The molecule has 0 aliphatic carbocycles. The van der Waals surface area contributed by atoms with Crippen LogP contribution in [0.4, 0.5) is 0 Å². The number of hydrogen-bond acceptors (Lipinski definition) is 3. The Bertz CT molecular complexity index is 286. The van der Waals surface area contributed by atoms with Crippen LogP contribution in [0.25, 0.3) is 0 Å². The number of aliphatic hydroxyl groups is 1. The number of nitrogens with one attached hydrogen (secondary N) is 2. The Morgan fingerprint density at radius 2 is 1.35 bits per heavy atom. The number of hydrogen-bond donors (Lipinski definition) is 3. The lowest BCUT2D eigenvalue weighted by molar-refractivity contribution is 0.292. The van der Waals surface area contributed by atoms with Gasteiger partial charge in [-0.3, -0.25) is 0 Å². The van der Waals surface area contributed by atoms with E-state index in [-0.39, 0.29) is 31.4 Å². The van der Waals surface area contributed by atoms with Crippen molar-refractivity contribution in [2.24, 2.45) is 0 Å². The van der Waals surface area contributed by atoms with Crippen molar-refractivity contribution in [2.45, 2.75) is 32.2 Å². The second kappa shape index (κ2) is 16.7. The first kappa shape index (κ1) is 22.0. The fourth-order valence-corrected chi connectivity index (χ4v) is 1.89. The SMILES string of the molecule is Cl.Cl.OCCNCCCCCCNCc1ccccc1. The molecule has 0 spiro atoms. The first-order valence-electron chi connectivity index (χ1n) is 6.99. The van der Waals surface area contributed by atoms with Crippen LogP contribution in [-0.4, -0.2) is 31.3 Å². The average molecular weight is 323 g/mol. The molecule has 1 aromatic carbocycles. The molecule has 0 aliphatic rings. The van der Waals surface area contributed by atoms with Gasteiger partial charge in [-0.25, -0.2) is 0 Å². The summed E-state index contributed by atoms with van der Waals surface area (Å²) in [7, 11) is 0. The lowest BCUT2D eigenvalue weighted by atomic mass is 10.2. The lowest BCUT2D eigenvalue weighted by Crippen LogP contribution is -2.19. The highest BCUT2D eigenvalue weighted by Gasteiger charge is 1.92. The minimum atomic E-state index is 0. The molecular formula is C15H28Cl2N2O. The third kappa shape index (κ3) is 12.7. The summed E-state index contributed by atoms with van der Waals surface area (Å²) in [4.78, 5) is 0. The molecule has 0 unspecified atom stereocenters. The van der Waals surface area contributed by atoms with Gasteiger partial charge in [0, 0.05) is 13.1 Å². The normalized spacial score (nSPS) is 9.65. The fraction of sp³-hybridized carbons (Fsp3) is 0.600. The Kier molecular flexibility index (Phi) is 18.4. The molecule has 5 heteroatoms. The fourth-order valence-electron chi connectivity index (χ4n) is 1.89. The molecule has 118 valence electrons. The molecule has 3 nitrogen and oxygen atoms in total. The molecule has 1 aromatic rings. The quantitative estimate of drug-likeness (QED) is 0.549. The molecule has 0 radical (unpaired) electrons. The van der Waals surface area contributed by atoms with E-state index < -0.39 is 0 Å². The van der Waals surface area contributed by atoms with E-state index in [1.165, 1.54) is 31.2 Å². The predicted octanol–water partition coefficient (Wildman–Crippen LogP) is 2.76. The topological polar surface area (TPSA) is 44.3 Å². The average Bonchev–Trinajstić information content (AvgIpc) is 2.42. The first-order valence-corrected chi connectivity index (χ1v) is 6.99. The maximum atomic E-state index is 8.59. The van der Waals surface area contributed by atoms with Crippen molar-refractivity contribution in [3.63, 3.8) is 0 Å². The van der Waals surface area contributed by atoms with Crippen LogP contribution in [-0.2, 0) is 6.54 Å². The molecular weight excluding hydrogens is 295 g/mol. The smallest absolute Gasteiger partial charge is 0.0555 e. The van der Waals surface area contributed by atoms with Crippen molar-refractivity contribution < 1.29 is 5.11 Å². The number of benzene rings is 1. The summed E-state index contributed by atoms with van der Waals surface area (Å²) in [5.74, 6) is 0. The number of rotatable bonds is 11. The van der Waals surface area contributed by atoms with Crippen molar-refractivity contribution >= 4 is 24.8 Å². The zero-order valence-electron chi connectivity index (χ0n) is 12.0. The molecule has 0 amide bonds. The molecule has 20 heavy (non-hydrogen) atoms. The van der Waals surface area contributed by atoms with E-state index in [4.69, 9.17) is 5.11 Å². The van der Waals surface area contributed by atoms with Gasteiger partial charge in [-0.05, 0) is 31.5 Å². The van der Waals surface area contributed by atoms with Crippen LogP contribution in [0.3, 0.4) is 0 Å². The number of aliphatic hydroxyl groups excluding tert-OH is 1. The van der Waals surface area contributed by atoms with Gasteiger partial charge in [-0.1, -0.05) is 43.2 Å². The van der Waals surface area contributed by atoms with Crippen molar-refractivity contribution in [1.82, 2.24) is 10.6 Å². The minimum Gasteiger partial charge on any atom is -0.395 e. The van der Waals surface area contributed by atoms with E-state index in [2.05, 4.69) is 34.9 Å². The van der Waals surface area contributed by atoms with E-state index in [1.807, 2.05) is 6.07 Å². The van der Waals surface area contributed by atoms with Gasteiger partial charge in [0.15, 0.2) is 0 Å². The van der Waals surface area contributed by atoms with Gasteiger partial charge < -0.3 is 15.7 Å². The molecule has 0 bridgehead atoms. The molecule has 0 saturated heterocycles. The van der Waals surface area contributed by atoms with Crippen molar-refractivity contribution in [3.05, 3.63) is 35.9 Å². The van der Waals surface area contributed by atoms with Gasteiger partial charge in [0.1, 0.15) is 0 Å². The Labute approximate surface area is 135 Å². The van der Waals surface area contributed by atoms with Crippen molar-refractivity contribution in [2.75, 3.05) is 26.2 Å². The molecule has 0 fully saturated rings. The highest BCUT2D eigenvalue weighted by Crippen LogP contribution is 2.00. The van der Waals surface area contributed by atoms with Crippen LogP contribution < -0.4 is 10.6 Å². The van der Waals surface area contributed by atoms with Crippen molar-refractivity contribution in [1.29, 1.82) is 0 Å². The summed E-state index contributed by atoms with van der Waals surface area (Å²) < 4.78 is 0. The number of halogens is 2. The van der Waals surface area contributed by atoms with Crippen LogP contribution in [0, 0.1) is 0 Å². The molecule has 0 aromatic heterocycles. The highest BCUT2D eigenvalue weighted by molar-refractivity contribution is 5.85. The largest absolute Gasteiger partial charge is 0.395 e. The third-order valence-corrected chi connectivity index (χ3v) is 2.92. The van der Waals surface area contributed by atoms with Crippen LogP contribution in [0.2, 0.25) is 0 Å². The maximum Gasteiger partial charge on any atom is 0.0555 e. The molecule has 0 heterocycles. The van der Waals surface area contributed by atoms with Gasteiger partial charge in [0.05, 0.1) is 6.61 Å². The Morgan fingerprint density at radius 1 is 0.750 bits per heavy atom. The van der Waals surface area contributed by atoms with Crippen LogP contribution >= 0.6 is 24.8 Å². The van der Waals surface area contributed by atoms with Crippen molar-refractivity contribution in [3.8, 4) is 0 Å².